The summed E-state index contributed by atoms with van der Waals surface area (Å²) in [7, 11) is 1.94. The Morgan fingerprint density at radius 3 is 3.00 bits per heavy atom. The van der Waals surface area contributed by atoms with Crippen molar-refractivity contribution >= 4 is 10.9 Å². The first-order chi connectivity index (χ1) is 7.16. The van der Waals surface area contributed by atoms with E-state index < -0.39 is 5.60 Å². The Kier molecular flexibility index (Phi) is 1.68. The molecule has 1 aromatic heterocycles. The lowest BCUT2D eigenvalue weighted by Gasteiger charge is -2.07. The maximum Gasteiger partial charge on any atom is 0.0690 e. The highest BCUT2D eigenvalue weighted by molar-refractivity contribution is 5.79. The Hall–Kier alpha value is -1.35. The molecule has 1 heterocycles. The van der Waals surface area contributed by atoms with Gasteiger partial charge in [0.1, 0.15) is 0 Å². The van der Waals surface area contributed by atoms with Gasteiger partial charge in [0, 0.05) is 18.9 Å². The van der Waals surface area contributed by atoms with E-state index in [-0.39, 0.29) is 0 Å². The fourth-order valence-corrected chi connectivity index (χ4v) is 2.00. The molecule has 0 saturated heterocycles. The lowest BCUT2D eigenvalue weighted by Crippen LogP contribution is -2.10. The van der Waals surface area contributed by atoms with Crippen molar-refractivity contribution in [3.8, 4) is 0 Å². The van der Waals surface area contributed by atoms with Gasteiger partial charge in [-0.1, -0.05) is 12.1 Å². The molecule has 1 aliphatic carbocycles. The second-order valence-electron chi connectivity index (χ2n) is 4.56. The molecule has 1 saturated carbocycles. The van der Waals surface area contributed by atoms with Crippen LogP contribution >= 0.6 is 0 Å². The van der Waals surface area contributed by atoms with Crippen molar-refractivity contribution in [2.24, 2.45) is 7.05 Å². The first-order valence-corrected chi connectivity index (χ1v) is 5.29. The fourth-order valence-electron chi connectivity index (χ4n) is 2.00. The standard InChI is InChI=1S/C12H14N2O/c1-14-11-6-9(7-12(15)4-5-12)2-3-10(11)8-13-14/h2-3,6,8,15H,4-5,7H2,1H3. The van der Waals surface area contributed by atoms with Crippen molar-refractivity contribution < 1.29 is 5.11 Å². The van der Waals surface area contributed by atoms with E-state index in [4.69, 9.17) is 0 Å². The zero-order valence-electron chi connectivity index (χ0n) is 8.77. The third-order valence-electron chi connectivity index (χ3n) is 3.17. The summed E-state index contributed by atoms with van der Waals surface area (Å²) in [4.78, 5) is 0. The van der Waals surface area contributed by atoms with Gasteiger partial charge in [-0.25, -0.2) is 0 Å². The molecular weight excluding hydrogens is 188 g/mol. The Balaban J connectivity index is 2.01. The average Bonchev–Trinajstić information content (AvgIpc) is 2.82. The van der Waals surface area contributed by atoms with Crippen LogP contribution in [0, 0.1) is 0 Å². The minimum atomic E-state index is -0.410. The van der Waals surface area contributed by atoms with Crippen molar-refractivity contribution in [3.05, 3.63) is 30.0 Å². The van der Waals surface area contributed by atoms with Crippen LogP contribution in [0.3, 0.4) is 0 Å². The minimum absolute atomic E-state index is 0.410. The van der Waals surface area contributed by atoms with Crippen LogP contribution in [-0.2, 0) is 13.5 Å². The number of benzene rings is 1. The quantitative estimate of drug-likeness (QED) is 0.804. The van der Waals surface area contributed by atoms with Gasteiger partial charge in [-0.3, -0.25) is 4.68 Å². The smallest absolute Gasteiger partial charge is 0.0690 e. The predicted molar refractivity (Wildman–Crippen MR) is 58.6 cm³/mol. The molecule has 2 aromatic rings. The number of aryl methyl sites for hydroxylation is 1. The number of aliphatic hydroxyl groups is 1. The van der Waals surface area contributed by atoms with Gasteiger partial charge in [0.15, 0.2) is 0 Å². The van der Waals surface area contributed by atoms with E-state index in [9.17, 15) is 5.11 Å². The SMILES string of the molecule is Cn1ncc2ccc(CC3(O)CC3)cc21. The van der Waals surface area contributed by atoms with Crippen LogP contribution in [0.25, 0.3) is 10.9 Å². The number of fused-ring (bicyclic) bond motifs is 1. The van der Waals surface area contributed by atoms with Crippen LogP contribution in [0.4, 0.5) is 0 Å². The van der Waals surface area contributed by atoms with Crippen molar-refractivity contribution in [1.29, 1.82) is 0 Å². The molecule has 0 spiro atoms. The van der Waals surface area contributed by atoms with E-state index in [0.717, 1.165) is 30.2 Å². The number of nitrogens with zero attached hydrogens (tertiary/aromatic N) is 2. The Bertz CT molecular complexity index is 511. The van der Waals surface area contributed by atoms with Crippen LogP contribution in [0.1, 0.15) is 18.4 Å². The first-order valence-electron chi connectivity index (χ1n) is 5.29. The molecule has 0 atom stereocenters. The molecule has 3 nitrogen and oxygen atoms in total. The highest BCUT2D eigenvalue weighted by Gasteiger charge is 2.40. The van der Waals surface area contributed by atoms with Crippen molar-refractivity contribution in [3.63, 3.8) is 0 Å². The second-order valence-corrected chi connectivity index (χ2v) is 4.56. The van der Waals surface area contributed by atoms with Crippen LogP contribution in [0.15, 0.2) is 24.4 Å². The summed E-state index contributed by atoms with van der Waals surface area (Å²) >= 11 is 0. The van der Waals surface area contributed by atoms with Crippen LogP contribution in [0.5, 0.6) is 0 Å². The summed E-state index contributed by atoms with van der Waals surface area (Å²) < 4.78 is 1.87. The van der Waals surface area contributed by atoms with Gasteiger partial charge < -0.3 is 5.11 Å². The zero-order chi connectivity index (χ0) is 10.5. The third kappa shape index (κ3) is 1.53. The Labute approximate surface area is 88.3 Å². The van der Waals surface area contributed by atoms with Gasteiger partial charge in [0.2, 0.25) is 0 Å². The highest BCUT2D eigenvalue weighted by Crippen LogP contribution is 2.38. The summed E-state index contributed by atoms with van der Waals surface area (Å²) in [5, 5.41) is 15.2. The molecular formula is C12H14N2O. The van der Waals surface area contributed by atoms with Gasteiger partial charge in [-0.2, -0.15) is 5.10 Å². The van der Waals surface area contributed by atoms with Gasteiger partial charge >= 0.3 is 0 Å². The third-order valence-corrected chi connectivity index (χ3v) is 3.17. The van der Waals surface area contributed by atoms with Crippen molar-refractivity contribution in [2.45, 2.75) is 24.9 Å². The van der Waals surface area contributed by atoms with Crippen molar-refractivity contribution in [2.75, 3.05) is 0 Å². The van der Waals surface area contributed by atoms with Crippen LogP contribution in [0.2, 0.25) is 0 Å². The summed E-state index contributed by atoms with van der Waals surface area (Å²) in [6.07, 6.45) is 4.52. The second kappa shape index (κ2) is 2.83. The molecule has 1 N–H and O–H groups in total. The van der Waals surface area contributed by atoms with E-state index in [0.29, 0.717) is 0 Å². The first kappa shape index (κ1) is 8.92. The normalized spacial score (nSPS) is 18.3. The average molecular weight is 202 g/mol. The van der Waals surface area contributed by atoms with E-state index in [1.54, 1.807) is 0 Å². The topological polar surface area (TPSA) is 38.0 Å². The molecule has 0 aliphatic heterocycles. The molecule has 1 aliphatic rings. The maximum atomic E-state index is 9.85. The lowest BCUT2D eigenvalue weighted by atomic mass is 10.1. The monoisotopic (exact) mass is 202 g/mol. The molecule has 1 fully saturated rings. The molecule has 0 amide bonds. The summed E-state index contributed by atoms with van der Waals surface area (Å²) in [5.74, 6) is 0. The Morgan fingerprint density at radius 2 is 2.27 bits per heavy atom. The van der Waals surface area contributed by atoms with E-state index >= 15 is 0 Å². The number of rotatable bonds is 2. The summed E-state index contributed by atoms with van der Waals surface area (Å²) in [6, 6.07) is 6.28. The predicted octanol–water partition coefficient (Wildman–Crippen LogP) is 1.64. The Morgan fingerprint density at radius 1 is 1.47 bits per heavy atom. The fraction of sp³-hybridized carbons (Fsp3) is 0.417. The molecule has 0 bridgehead atoms. The van der Waals surface area contributed by atoms with Crippen molar-refractivity contribution in [1.82, 2.24) is 9.78 Å². The lowest BCUT2D eigenvalue weighted by molar-refractivity contribution is 0.151. The number of aromatic nitrogens is 2. The molecule has 0 radical (unpaired) electrons. The van der Waals surface area contributed by atoms with E-state index in [2.05, 4.69) is 23.3 Å². The zero-order valence-corrected chi connectivity index (χ0v) is 8.77. The molecule has 15 heavy (non-hydrogen) atoms. The maximum absolute atomic E-state index is 9.85. The molecule has 78 valence electrons. The summed E-state index contributed by atoms with van der Waals surface area (Å²) in [6.45, 7) is 0. The van der Waals surface area contributed by atoms with Gasteiger partial charge in [0.25, 0.3) is 0 Å². The van der Waals surface area contributed by atoms with Gasteiger partial charge in [-0.05, 0) is 24.5 Å². The molecule has 1 aromatic carbocycles. The highest BCUT2D eigenvalue weighted by atomic mass is 16.3. The molecule has 3 rings (SSSR count). The summed E-state index contributed by atoms with van der Waals surface area (Å²) in [5.41, 5.74) is 1.93. The number of hydrogen-bond acceptors (Lipinski definition) is 2. The molecule has 3 heteroatoms. The van der Waals surface area contributed by atoms with E-state index in [1.165, 1.54) is 5.56 Å². The van der Waals surface area contributed by atoms with Crippen LogP contribution in [-0.4, -0.2) is 20.5 Å². The largest absolute Gasteiger partial charge is 0.390 e. The van der Waals surface area contributed by atoms with E-state index in [1.807, 2.05) is 17.9 Å². The number of hydrogen-bond donors (Lipinski definition) is 1. The molecule has 0 unspecified atom stereocenters. The van der Waals surface area contributed by atoms with Gasteiger partial charge in [0.05, 0.1) is 17.3 Å². The minimum Gasteiger partial charge on any atom is -0.390 e. The van der Waals surface area contributed by atoms with Crippen LogP contribution < -0.4 is 0 Å². The van der Waals surface area contributed by atoms with Gasteiger partial charge in [-0.15, -0.1) is 0 Å².